The number of nitrogens with zero attached hydrogens (tertiary/aromatic N) is 4. The van der Waals surface area contributed by atoms with Crippen molar-refractivity contribution >= 4 is 60.8 Å². The Hall–Kier alpha value is -5.84. The van der Waals surface area contributed by atoms with Gasteiger partial charge in [0.15, 0.2) is 0 Å². The van der Waals surface area contributed by atoms with Gasteiger partial charge in [0.1, 0.15) is 6.07 Å². The number of para-hydroxylation sites is 2. The smallest absolute Gasteiger partial charge is 0.101 e. The summed E-state index contributed by atoms with van der Waals surface area (Å²) in [5.41, 5.74) is 7.73. The summed E-state index contributed by atoms with van der Waals surface area (Å²) in [5.74, 6) is 0. The third kappa shape index (κ3) is 3.75. The third-order valence-electron chi connectivity index (χ3n) is 9.13. The fraction of sp³-hybridized carbons (Fsp3) is 0.100. The predicted octanol–water partition coefficient (Wildman–Crippen LogP) is 10.2. The summed E-state index contributed by atoms with van der Waals surface area (Å²) < 4.78 is 0. The van der Waals surface area contributed by atoms with E-state index in [2.05, 4.69) is 115 Å². The van der Waals surface area contributed by atoms with Gasteiger partial charge in [0.05, 0.1) is 28.6 Å². The number of hydrogen-bond acceptors (Lipinski definition) is 4. The molecule has 0 amide bonds. The van der Waals surface area contributed by atoms with Gasteiger partial charge in [-0.05, 0) is 81.7 Å². The van der Waals surface area contributed by atoms with E-state index in [1.54, 1.807) is 0 Å². The van der Waals surface area contributed by atoms with Crippen LogP contribution in [-0.2, 0) is 5.41 Å². The molecular weight excluding hydrogens is 536 g/mol. The van der Waals surface area contributed by atoms with E-state index in [0.29, 0.717) is 11.1 Å². The minimum Gasteiger partial charge on any atom is -0.339 e. The summed E-state index contributed by atoms with van der Waals surface area (Å²) in [6, 6.07) is 46.7. The van der Waals surface area contributed by atoms with Gasteiger partial charge in [-0.3, -0.25) is 0 Å². The van der Waals surface area contributed by atoms with Crippen molar-refractivity contribution in [2.75, 3.05) is 16.3 Å². The topological polar surface area (TPSA) is 54.1 Å². The predicted molar refractivity (Wildman–Crippen MR) is 181 cm³/mol. The first-order valence-electron chi connectivity index (χ1n) is 14.9. The van der Waals surface area contributed by atoms with Crippen LogP contribution in [0.3, 0.4) is 0 Å². The summed E-state index contributed by atoms with van der Waals surface area (Å²) in [6.07, 6.45) is 0. The zero-order valence-electron chi connectivity index (χ0n) is 24.5. The molecule has 1 heterocycles. The largest absolute Gasteiger partial charge is 0.339 e. The molecule has 0 saturated heterocycles. The first kappa shape index (κ1) is 25.8. The van der Waals surface area contributed by atoms with Crippen molar-refractivity contribution < 1.29 is 0 Å². The van der Waals surface area contributed by atoms with E-state index in [0.717, 1.165) is 40.4 Å². The summed E-state index contributed by atoms with van der Waals surface area (Å²) in [6.45, 7) is 5.32. The average Bonchev–Trinajstić information content (AvgIpc) is 3.35. The van der Waals surface area contributed by atoms with Crippen LogP contribution in [0, 0.1) is 22.7 Å². The van der Waals surface area contributed by atoms with Crippen LogP contribution in [0.2, 0.25) is 0 Å². The van der Waals surface area contributed by atoms with E-state index in [4.69, 9.17) is 0 Å². The number of fused-ring (bicyclic) bond motifs is 1. The molecule has 0 bridgehead atoms. The maximum Gasteiger partial charge on any atom is 0.101 e. The number of benzene rings is 7. The van der Waals surface area contributed by atoms with Gasteiger partial charge in [0.2, 0.25) is 0 Å². The number of anilines is 5. The fourth-order valence-electron chi connectivity index (χ4n) is 7.13. The second-order valence-corrected chi connectivity index (χ2v) is 12.2. The lowest BCUT2D eigenvalue weighted by Gasteiger charge is -2.28. The van der Waals surface area contributed by atoms with Gasteiger partial charge in [0.25, 0.3) is 0 Å². The molecule has 208 valence electrons. The maximum absolute atomic E-state index is 10.1. The molecule has 4 heteroatoms. The molecule has 7 aromatic carbocycles. The zero-order chi connectivity index (χ0) is 30.0. The fourth-order valence-corrected chi connectivity index (χ4v) is 7.13. The van der Waals surface area contributed by atoms with E-state index in [9.17, 15) is 10.5 Å². The average molecular weight is 565 g/mol. The first-order valence-corrected chi connectivity index (χ1v) is 14.9. The molecule has 0 fully saturated rings. The highest BCUT2D eigenvalue weighted by molar-refractivity contribution is 6.28. The monoisotopic (exact) mass is 564 g/mol. The van der Waals surface area contributed by atoms with Crippen molar-refractivity contribution in [1.29, 1.82) is 10.5 Å². The summed E-state index contributed by atoms with van der Waals surface area (Å²) in [4.78, 5) is 4.63. The Labute approximate surface area is 256 Å². The van der Waals surface area contributed by atoms with Crippen molar-refractivity contribution in [2.45, 2.75) is 19.3 Å². The van der Waals surface area contributed by atoms with Gasteiger partial charge >= 0.3 is 0 Å². The number of hydrogen-bond donors (Lipinski definition) is 0. The molecule has 44 heavy (non-hydrogen) atoms. The highest BCUT2D eigenvalue weighted by Gasteiger charge is 2.38. The van der Waals surface area contributed by atoms with Crippen molar-refractivity contribution in [3.05, 3.63) is 138 Å². The standard InChI is InChI=1S/C40H28N4/c1-40(2)25-43(39-29(24-42)7-6-10-34(39)40)35-21-15-27-14-20-33-36(22-16-28-13-19-32(35)37(27)38(28)33)44(30-8-4-3-5-9-30)31-17-11-26(23-41)12-18-31/h3-22H,25H2,1-2H3. The lowest BCUT2D eigenvalue weighted by molar-refractivity contribution is 0.569. The summed E-state index contributed by atoms with van der Waals surface area (Å²) in [5, 5.41) is 26.7. The molecule has 7 aromatic rings. The summed E-state index contributed by atoms with van der Waals surface area (Å²) in [7, 11) is 0. The molecule has 0 spiro atoms. The van der Waals surface area contributed by atoms with E-state index < -0.39 is 0 Å². The molecule has 4 nitrogen and oxygen atoms in total. The van der Waals surface area contributed by atoms with Crippen molar-refractivity contribution in [3.8, 4) is 12.1 Å². The van der Waals surface area contributed by atoms with Gasteiger partial charge in [-0.1, -0.05) is 80.6 Å². The van der Waals surface area contributed by atoms with Gasteiger partial charge < -0.3 is 9.80 Å². The Morgan fingerprint density at radius 3 is 2.02 bits per heavy atom. The molecule has 0 aromatic heterocycles. The molecule has 0 radical (unpaired) electrons. The van der Waals surface area contributed by atoms with E-state index >= 15 is 0 Å². The highest BCUT2D eigenvalue weighted by atomic mass is 15.2. The van der Waals surface area contributed by atoms with Crippen LogP contribution < -0.4 is 9.80 Å². The Kier molecular flexibility index (Phi) is 5.63. The van der Waals surface area contributed by atoms with Crippen molar-refractivity contribution in [1.82, 2.24) is 0 Å². The Bertz CT molecular complexity index is 2300. The van der Waals surface area contributed by atoms with Crippen LogP contribution in [0.15, 0.2) is 121 Å². The lowest BCUT2D eigenvalue weighted by Crippen LogP contribution is -2.25. The van der Waals surface area contributed by atoms with Crippen LogP contribution in [-0.4, -0.2) is 6.54 Å². The molecule has 0 atom stereocenters. The quantitative estimate of drug-likeness (QED) is 0.200. The minimum atomic E-state index is -0.0867. The molecule has 0 N–H and O–H groups in total. The van der Waals surface area contributed by atoms with Crippen LogP contribution in [0.5, 0.6) is 0 Å². The molecular formula is C40H28N4. The molecule has 8 rings (SSSR count). The van der Waals surface area contributed by atoms with Gasteiger partial charge in [-0.2, -0.15) is 10.5 Å². The first-order chi connectivity index (χ1) is 21.5. The van der Waals surface area contributed by atoms with Crippen LogP contribution in [0.1, 0.15) is 30.5 Å². The van der Waals surface area contributed by atoms with Crippen LogP contribution >= 0.6 is 0 Å². The Balaban J connectivity index is 1.39. The van der Waals surface area contributed by atoms with Gasteiger partial charge in [0, 0.05) is 39.8 Å². The molecule has 0 saturated carbocycles. The van der Waals surface area contributed by atoms with Crippen molar-refractivity contribution in [3.63, 3.8) is 0 Å². The van der Waals surface area contributed by atoms with E-state index in [1.165, 1.54) is 32.5 Å². The zero-order valence-corrected chi connectivity index (χ0v) is 24.5. The third-order valence-corrected chi connectivity index (χ3v) is 9.13. The second kappa shape index (κ2) is 9.60. The van der Waals surface area contributed by atoms with E-state index in [-0.39, 0.29) is 5.41 Å². The normalized spacial score (nSPS) is 13.7. The van der Waals surface area contributed by atoms with Crippen LogP contribution in [0.4, 0.5) is 28.4 Å². The Morgan fingerprint density at radius 2 is 1.30 bits per heavy atom. The van der Waals surface area contributed by atoms with Crippen LogP contribution in [0.25, 0.3) is 32.3 Å². The number of rotatable bonds is 4. The Morgan fingerprint density at radius 1 is 0.636 bits per heavy atom. The molecule has 0 aliphatic carbocycles. The maximum atomic E-state index is 10.1. The number of nitriles is 2. The highest BCUT2D eigenvalue weighted by Crippen LogP contribution is 2.50. The van der Waals surface area contributed by atoms with E-state index in [1.807, 2.05) is 42.5 Å². The van der Waals surface area contributed by atoms with Crippen molar-refractivity contribution in [2.24, 2.45) is 0 Å². The molecule has 0 unspecified atom stereocenters. The second-order valence-electron chi connectivity index (χ2n) is 12.2. The summed E-state index contributed by atoms with van der Waals surface area (Å²) >= 11 is 0. The SMILES string of the molecule is CC1(C)CN(c2ccc3ccc4c(N(c5ccccc5)c5ccc(C#N)cc5)ccc5ccc2c3c54)c2c(C#N)cccc21. The van der Waals surface area contributed by atoms with Gasteiger partial charge in [-0.25, -0.2) is 0 Å². The molecule has 1 aliphatic rings. The molecule has 1 aliphatic heterocycles. The van der Waals surface area contributed by atoms with Gasteiger partial charge in [-0.15, -0.1) is 0 Å². The lowest BCUT2D eigenvalue weighted by atomic mass is 9.86. The minimum absolute atomic E-state index is 0.0867.